The van der Waals surface area contributed by atoms with E-state index >= 15 is 0 Å². The van der Waals surface area contributed by atoms with Crippen LogP contribution in [0.2, 0.25) is 0 Å². The number of aryl methyl sites for hydroxylation is 1. The molecule has 4 nitrogen and oxygen atoms in total. The predicted octanol–water partition coefficient (Wildman–Crippen LogP) is 3.38. The number of anilines is 1. The molecule has 2 N–H and O–H groups in total. The van der Waals surface area contributed by atoms with Gasteiger partial charge in [-0.3, -0.25) is 4.57 Å². The average molecular weight is 272 g/mol. The van der Waals surface area contributed by atoms with Crippen molar-refractivity contribution in [1.29, 1.82) is 0 Å². The number of thiophene rings is 1. The van der Waals surface area contributed by atoms with Crippen LogP contribution in [0.15, 0.2) is 29.8 Å². The molecule has 0 amide bonds. The number of nitrogens with zero attached hydrogens (tertiary/aromatic N) is 3. The quantitative estimate of drug-likeness (QED) is 0.795. The highest BCUT2D eigenvalue weighted by Crippen LogP contribution is 2.31. The third-order valence-electron chi connectivity index (χ3n) is 3.38. The summed E-state index contributed by atoms with van der Waals surface area (Å²) < 4.78 is 2.05. The van der Waals surface area contributed by atoms with Crippen molar-refractivity contribution in [3.63, 3.8) is 0 Å². The molecule has 0 saturated carbocycles. The van der Waals surface area contributed by atoms with E-state index in [-0.39, 0.29) is 6.04 Å². The molecule has 3 rings (SSSR count). The van der Waals surface area contributed by atoms with Crippen LogP contribution in [0, 0.1) is 6.92 Å². The van der Waals surface area contributed by atoms with Crippen LogP contribution in [0.1, 0.15) is 29.8 Å². The second kappa shape index (κ2) is 4.66. The minimum atomic E-state index is 0.208. The van der Waals surface area contributed by atoms with Crippen molar-refractivity contribution >= 4 is 28.4 Å². The molecular weight excluding hydrogens is 256 g/mol. The molecule has 1 unspecified atom stereocenters. The van der Waals surface area contributed by atoms with Gasteiger partial charge in [0, 0.05) is 11.1 Å². The molecule has 98 valence electrons. The van der Waals surface area contributed by atoms with E-state index in [1.54, 1.807) is 11.3 Å². The zero-order chi connectivity index (χ0) is 13.4. The largest absolute Gasteiger partial charge is 0.369 e. The van der Waals surface area contributed by atoms with Gasteiger partial charge in [-0.25, -0.2) is 9.97 Å². The van der Waals surface area contributed by atoms with E-state index < -0.39 is 0 Å². The summed E-state index contributed by atoms with van der Waals surface area (Å²) >= 11 is 1.74. The Morgan fingerprint density at radius 2 is 2.26 bits per heavy atom. The van der Waals surface area contributed by atoms with E-state index in [4.69, 9.17) is 5.73 Å². The first kappa shape index (κ1) is 12.2. The first-order valence-electron chi connectivity index (χ1n) is 6.34. The molecule has 0 bridgehead atoms. The van der Waals surface area contributed by atoms with E-state index in [9.17, 15) is 0 Å². The number of hydrogen-bond donors (Lipinski definition) is 1. The van der Waals surface area contributed by atoms with Crippen LogP contribution in [0.25, 0.3) is 11.2 Å². The Labute approximate surface area is 115 Å². The number of nitrogens with two attached hydrogens (primary N) is 1. The zero-order valence-electron chi connectivity index (χ0n) is 11.0. The van der Waals surface area contributed by atoms with Gasteiger partial charge >= 0.3 is 0 Å². The van der Waals surface area contributed by atoms with Crippen molar-refractivity contribution in [3.05, 3.63) is 40.2 Å². The fourth-order valence-electron chi connectivity index (χ4n) is 2.43. The molecule has 0 aliphatic rings. The summed E-state index contributed by atoms with van der Waals surface area (Å²) in [5.41, 5.74) is 9.00. The monoisotopic (exact) mass is 272 g/mol. The number of fused-ring (bicyclic) bond motifs is 1. The maximum absolute atomic E-state index is 6.12. The Bertz CT molecular complexity index is 700. The van der Waals surface area contributed by atoms with Gasteiger partial charge in [-0.2, -0.15) is 0 Å². The Morgan fingerprint density at radius 1 is 1.42 bits per heavy atom. The van der Waals surface area contributed by atoms with Crippen LogP contribution in [0.3, 0.4) is 0 Å². The molecule has 3 aromatic heterocycles. The van der Waals surface area contributed by atoms with Gasteiger partial charge in [0.2, 0.25) is 5.95 Å². The molecule has 3 heterocycles. The lowest BCUT2D eigenvalue weighted by Gasteiger charge is -2.17. The summed E-state index contributed by atoms with van der Waals surface area (Å²) in [6.45, 7) is 4.19. The fourth-order valence-corrected chi connectivity index (χ4v) is 3.33. The summed E-state index contributed by atoms with van der Waals surface area (Å²) in [6.07, 6.45) is 2.78. The summed E-state index contributed by atoms with van der Waals surface area (Å²) in [6, 6.07) is 6.38. The number of pyridine rings is 1. The third kappa shape index (κ3) is 1.90. The summed E-state index contributed by atoms with van der Waals surface area (Å²) in [5.74, 6) is 0.539. The smallest absolute Gasteiger partial charge is 0.203 e. The summed E-state index contributed by atoms with van der Waals surface area (Å²) in [7, 11) is 0. The molecule has 0 aliphatic carbocycles. The molecule has 3 aromatic rings. The standard InChI is InChI=1S/C14H16N4S/c1-3-10(11-5-4-8-19-11)18-13-12(17-14(18)15)9(2)6-7-16-13/h4-8,10H,3H2,1-2H3,(H2,15,17). The second-order valence-corrected chi connectivity index (χ2v) is 5.56. The van der Waals surface area contributed by atoms with Crippen LogP contribution < -0.4 is 5.73 Å². The maximum atomic E-state index is 6.12. The first-order valence-corrected chi connectivity index (χ1v) is 7.22. The Morgan fingerprint density at radius 3 is 2.95 bits per heavy atom. The lowest BCUT2D eigenvalue weighted by atomic mass is 10.2. The number of aromatic nitrogens is 3. The number of nitrogen functional groups attached to an aromatic ring is 1. The van der Waals surface area contributed by atoms with Gasteiger partial charge < -0.3 is 5.73 Å². The van der Waals surface area contributed by atoms with Gasteiger partial charge in [-0.15, -0.1) is 11.3 Å². The average Bonchev–Trinajstić information content (AvgIpc) is 3.01. The van der Waals surface area contributed by atoms with E-state index in [2.05, 4.69) is 34.4 Å². The molecule has 0 saturated heterocycles. The topological polar surface area (TPSA) is 56.7 Å². The van der Waals surface area contributed by atoms with Gasteiger partial charge in [0.25, 0.3) is 0 Å². The molecule has 1 atom stereocenters. The van der Waals surface area contributed by atoms with E-state index in [0.717, 1.165) is 23.1 Å². The third-order valence-corrected chi connectivity index (χ3v) is 4.35. The van der Waals surface area contributed by atoms with Gasteiger partial charge in [0.05, 0.1) is 6.04 Å². The van der Waals surface area contributed by atoms with Crippen LogP contribution >= 0.6 is 11.3 Å². The van der Waals surface area contributed by atoms with Crippen LogP contribution in [-0.4, -0.2) is 14.5 Å². The highest BCUT2D eigenvalue weighted by Gasteiger charge is 2.20. The van der Waals surface area contributed by atoms with E-state index in [0.29, 0.717) is 5.95 Å². The minimum Gasteiger partial charge on any atom is -0.369 e. The summed E-state index contributed by atoms with van der Waals surface area (Å²) in [5, 5.41) is 2.09. The molecule has 0 spiro atoms. The molecule has 0 aliphatic heterocycles. The second-order valence-electron chi connectivity index (χ2n) is 4.58. The Kier molecular flexibility index (Phi) is 2.98. The predicted molar refractivity (Wildman–Crippen MR) is 79.4 cm³/mol. The number of rotatable bonds is 3. The van der Waals surface area contributed by atoms with E-state index in [1.807, 2.05) is 23.8 Å². The molecular formula is C14H16N4S. The molecule has 0 fully saturated rings. The molecule has 5 heteroatoms. The zero-order valence-corrected chi connectivity index (χ0v) is 11.8. The highest BCUT2D eigenvalue weighted by molar-refractivity contribution is 7.10. The van der Waals surface area contributed by atoms with Crippen LogP contribution in [0.5, 0.6) is 0 Å². The fraction of sp³-hybridized carbons (Fsp3) is 0.286. The van der Waals surface area contributed by atoms with Crippen molar-refractivity contribution in [1.82, 2.24) is 14.5 Å². The lowest BCUT2D eigenvalue weighted by Crippen LogP contribution is -2.12. The van der Waals surface area contributed by atoms with Crippen molar-refractivity contribution in [3.8, 4) is 0 Å². The van der Waals surface area contributed by atoms with Crippen LogP contribution in [0.4, 0.5) is 5.95 Å². The Hall–Kier alpha value is -1.88. The highest BCUT2D eigenvalue weighted by atomic mass is 32.1. The van der Waals surface area contributed by atoms with E-state index in [1.165, 1.54) is 4.88 Å². The first-order chi connectivity index (χ1) is 9.22. The maximum Gasteiger partial charge on any atom is 0.203 e. The van der Waals surface area contributed by atoms with Crippen molar-refractivity contribution < 1.29 is 0 Å². The van der Waals surface area contributed by atoms with Crippen LogP contribution in [-0.2, 0) is 0 Å². The SMILES string of the molecule is CCC(c1cccs1)n1c(N)nc2c(C)ccnc21. The number of hydrogen-bond acceptors (Lipinski definition) is 4. The van der Waals surface area contributed by atoms with Crippen molar-refractivity contribution in [2.24, 2.45) is 0 Å². The van der Waals surface area contributed by atoms with Crippen molar-refractivity contribution in [2.75, 3.05) is 5.73 Å². The molecule has 19 heavy (non-hydrogen) atoms. The minimum absolute atomic E-state index is 0.208. The van der Waals surface area contributed by atoms with Gasteiger partial charge in [-0.1, -0.05) is 13.0 Å². The normalized spacial score (nSPS) is 12.9. The summed E-state index contributed by atoms with van der Waals surface area (Å²) in [4.78, 5) is 10.2. The van der Waals surface area contributed by atoms with Gasteiger partial charge in [0.1, 0.15) is 5.52 Å². The molecule has 0 aromatic carbocycles. The van der Waals surface area contributed by atoms with Gasteiger partial charge in [-0.05, 0) is 36.4 Å². The Balaban J connectivity index is 2.24. The van der Waals surface area contributed by atoms with Crippen molar-refractivity contribution in [2.45, 2.75) is 26.3 Å². The molecule has 0 radical (unpaired) electrons. The number of imidazole rings is 1. The lowest BCUT2D eigenvalue weighted by molar-refractivity contribution is 0.595. The van der Waals surface area contributed by atoms with Gasteiger partial charge in [0.15, 0.2) is 5.65 Å².